The molecule has 1 N–H and O–H groups in total. The summed E-state index contributed by atoms with van der Waals surface area (Å²) in [5.41, 5.74) is 2.77. The van der Waals surface area contributed by atoms with Crippen LogP contribution in [0.5, 0.6) is 0 Å². The monoisotopic (exact) mass is 300 g/mol. The summed E-state index contributed by atoms with van der Waals surface area (Å²) in [6, 6.07) is 9.04. The first-order valence-corrected chi connectivity index (χ1v) is 9.33. The Kier molecular flexibility index (Phi) is 5.77. The Balaban J connectivity index is 1.35. The Morgan fingerprint density at radius 2 is 1.50 bits per heavy atom. The molecule has 0 amide bonds. The van der Waals surface area contributed by atoms with Gasteiger partial charge in [-0.3, -0.25) is 0 Å². The van der Waals surface area contributed by atoms with Crippen LogP contribution < -0.4 is 10.2 Å². The van der Waals surface area contributed by atoms with Crippen molar-refractivity contribution in [1.82, 2.24) is 5.32 Å². The molecule has 2 aliphatic rings. The third kappa shape index (κ3) is 4.49. The topological polar surface area (TPSA) is 15.3 Å². The second kappa shape index (κ2) is 8.01. The molecule has 2 saturated heterocycles. The van der Waals surface area contributed by atoms with Gasteiger partial charge in [0, 0.05) is 18.8 Å². The van der Waals surface area contributed by atoms with Crippen molar-refractivity contribution in [2.24, 2.45) is 11.8 Å². The molecule has 0 aromatic heterocycles. The summed E-state index contributed by atoms with van der Waals surface area (Å²) >= 11 is 0. The van der Waals surface area contributed by atoms with Crippen molar-refractivity contribution in [2.45, 2.75) is 51.9 Å². The highest BCUT2D eigenvalue weighted by molar-refractivity contribution is 5.47. The molecule has 0 saturated carbocycles. The Morgan fingerprint density at radius 1 is 0.909 bits per heavy atom. The molecule has 2 aliphatic heterocycles. The minimum Gasteiger partial charge on any atom is -0.372 e. The molecule has 3 rings (SSSR count). The maximum absolute atomic E-state index is 3.47. The molecule has 122 valence electrons. The molecular formula is C20H32N2. The molecule has 0 bridgehead atoms. The molecule has 0 atom stereocenters. The zero-order valence-corrected chi connectivity index (χ0v) is 14.2. The first-order valence-electron chi connectivity index (χ1n) is 9.33. The lowest BCUT2D eigenvalue weighted by Gasteiger charge is -2.34. The lowest BCUT2D eigenvalue weighted by Crippen LogP contribution is -2.33. The van der Waals surface area contributed by atoms with Crippen LogP contribution in [-0.4, -0.2) is 26.2 Å². The van der Waals surface area contributed by atoms with Gasteiger partial charge in [0.1, 0.15) is 0 Å². The molecule has 2 fully saturated rings. The average molecular weight is 300 g/mol. The second-order valence-corrected chi connectivity index (χ2v) is 7.39. The Hall–Kier alpha value is -1.02. The number of nitrogens with zero attached hydrogens (tertiary/aromatic N) is 1. The number of aryl methyl sites for hydroxylation is 1. The van der Waals surface area contributed by atoms with Crippen LogP contribution in [0.2, 0.25) is 0 Å². The number of rotatable bonds is 5. The fraction of sp³-hybridized carbons (Fsp3) is 0.700. The summed E-state index contributed by atoms with van der Waals surface area (Å²) in [6.45, 7) is 7.17. The fourth-order valence-corrected chi connectivity index (χ4v) is 4.10. The lowest BCUT2D eigenvalue weighted by atomic mass is 9.87. The number of piperidine rings is 2. The van der Waals surface area contributed by atoms with E-state index in [1.165, 1.54) is 82.4 Å². The number of anilines is 1. The number of nitrogens with one attached hydrogen (secondary N) is 1. The molecule has 0 aliphatic carbocycles. The maximum atomic E-state index is 3.47. The van der Waals surface area contributed by atoms with Crippen LogP contribution in [0, 0.1) is 18.8 Å². The van der Waals surface area contributed by atoms with Crippen molar-refractivity contribution >= 4 is 5.69 Å². The van der Waals surface area contributed by atoms with Crippen molar-refractivity contribution in [1.29, 1.82) is 0 Å². The third-order valence-electron chi connectivity index (χ3n) is 5.70. The van der Waals surface area contributed by atoms with E-state index in [0.717, 1.165) is 11.8 Å². The van der Waals surface area contributed by atoms with Crippen LogP contribution >= 0.6 is 0 Å². The summed E-state index contributed by atoms with van der Waals surface area (Å²) in [7, 11) is 0. The zero-order valence-electron chi connectivity index (χ0n) is 14.2. The summed E-state index contributed by atoms with van der Waals surface area (Å²) in [5, 5.41) is 3.47. The van der Waals surface area contributed by atoms with Crippen LogP contribution in [0.25, 0.3) is 0 Å². The van der Waals surface area contributed by atoms with E-state index >= 15 is 0 Å². The van der Waals surface area contributed by atoms with Crippen LogP contribution in [0.3, 0.4) is 0 Å². The minimum atomic E-state index is 0.975. The van der Waals surface area contributed by atoms with Gasteiger partial charge in [0.2, 0.25) is 0 Å². The van der Waals surface area contributed by atoms with Crippen molar-refractivity contribution in [3.8, 4) is 0 Å². The number of hydrogen-bond donors (Lipinski definition) is 1. The minimum absolute atomic E-state index is 0.975. The molecule has 0 radical (unpaired) electrons. The van der Waals surface area contributed by atoms with Crippen LogP contribution in [-0.2, 0) is 0 Å². The SMILES string of the molecule is Cc1ccc(N2CCC(CCCC3CCNCC3)CC2)cc1. The van der Waals surface area contributed by atoms with Crippen molar-refractivity contribution < 1.29 is 0 Å². The smallest absolute Gasteiger partial charge is 0.0366 e. The van der Waals surface area contributed by atoms with E-state index in [1.54, 1.807) is 0 Å². The maximum Gasteiger partial charge on any atom is 0.0366 e. The van der Waals surface area contributed by atoms with Crippen molar-refractivity contribution in [2.75, 3.05) is 31.1 Å². The van der Waals surface area contributed by atoms with Gasteiger partial charge in [0.25, 0.3) is 0 Å². The van der Waals surface area contributed by atoms with Crippen LogP contribution in [0.1, 0.15) is 50.5 Å². The largest absolute Gasteiger partial charge is 0.372 e. The Bertz CT molecular complexity index is 426. The van der Waals surface area contributed by atoms with Gasteiger partial charge in [0.05, 0.1) is 0 Å². The van der Waals surface area contributed by atoms with E-state index in [-0.39, 0.29) is 0 Å². The van der Waals surface area contributed by atoms with Gasteiger partial charge >= 0.3 is 0 Å². The predicted molar refractivity (Wildman–Crippen MR) is 95.6 cm³/mol. The van der Waals surface area contributed by atoms with Crippen molar-refractivity contribution in [3.05, 3.63) is 29.8 Å². The van der Waals surface area contributed by atoms with Crippen LogP contribution in [0.4, 0.5) is 5.69 Å². The van der Waals surface area contributed by atoms with Gasteiger partial charge < -0.3 is 10.2 Å². The lowest BCUT2D eigenvalue weighted by molar-refractivity contribution is 0.313. The second-order valence-electron chi connectivity index (χ2n) is 7.39. The highest BCUT2D eigenvalue weighted by Gasteiger charge is 2.20. The van der Waals surface area contributed by atoms with E-state index in [9.17, 15) is 0 Å². The number of hydrogen-bond acceptors (Lipinski definition) is 2. The fourth-order valence-electron chi connectivity index (χ4n) is 4.10. The van der Waals surface area contributed by atoms with E-state index in [2.05, 4.69) is 41.4 Å². The summed E-state index contributed by atoms with van der Waals surface area (Å²) in [5.74, 6) is 1.98. The first kappa shape index (κ1) is 15.9. The molecule has 1 aromatic rings. The van der Waals surface area contributed by atoms with E-state index < -0.39 is 0 Å². The standard InChI is InChI=1S/C20H32N2/c1-17-5-7-20(8-6-17)22-15-11-19(12-16-22)4-2-3-18-9-13-21-14-10-18/h5-8,18-19,21H,2-4,9-16H2,1H3. The van der Waals surface area contributed by atoms with Crippen LogP contribution in [0.15, 0.2) is 24.3 Å². The van der Waals surface area contributed by atoms with E-state index in [0.29, 0.717) is 0 Å². The van der Waals surface area contributed by atoms with Gasteiger partial charge in [0.15, 0.2) is 0 Å². The Morgan fingerprint density at radius 3 is 2.14 bits per heavy atom. The highest BCUT2D eigenvalue weighted by Crippen LogP contribution is 2.28. The molecule has 2 heterocycles. The molecule has 1 aromatic carbocycles. The molecule has 0 unspecified atom stereocenters. The van der Waals surface area contributed by atoms with Gasteiger partial charge in [-0.25, -0.2) is 0 Å². The number of benzene rings is 1. The molecule has 2 heteroatoms. The predicted octanol–water partition coefficient (Wildman–Crippen LogP) is 4.38. The molecular weight excluding hydrogens is 268 g/mol. The van der Waals surface area contributed by atoms with E-state index in [4.69, 9.17) is 0 Å². The average Bonchev–Trinajstić information content (AvgIpc) is 2.57. The van der Waals surface area contributed by atoms with Crippen molar-refractivity contribution in [3.63, 3.8) is 0 Å². The van der Waals surface area contributed by atoms with E-state index in [1.807, 2.05) is 0 Å². The molecule has 22 heavy (non-hydrogen) atoms. The van der Waals surface area contributed by atoms with Gasteiger partial charge in [-0.2, -0.15) is 0 Å². The first-order chi connectivity index (χ1) is 10.8. The quantitative estimate of drug-likeness (QED) is 0.868. The summed E-state index contributed by atoms with van der Waals surface area (Å²) in [6.07, 6.45) is 9.99. The van der Waals surface area contributed by atoms with Gasteiger partial charge in [-0.05, 0) is 69.7 Å². The third-order valence-corrected chi connectivity index (χ3v) is 5.70. The zero-order chi connectivity index (χ0) is 15.2. The van der Waals surface area contributed by atoms with Gasteiger partial charge in [-0.15, -0.1) is 0 Å². The summed E-state index contributed by atoms with van der Waals surface area (Å²) < 4.78 is 0. The summed E-state index contributed by atoms with van der Waals surface area (Å²) in [4.78, 5) is 2.57. The molecule has 0 spiro atoms. The Labute approximate surface area is 136 Å². The van der Waals surface area contributed by atoms with Gasteiger partial charge in [-0.1, -0.05) is 37.0 Å². The highest BCUT2D eigenvalue weighted by atomic mass is 15.1. The normalized spacial score (nSPS) is 21.2. The molecule has 2 nitrogen and oxygen atoms in total.